The Labute approximate surface area is 500 Å². The zero-order chi connectivity index (χ0) is 59.0. The number of aryl methyl sites for hydroxylation is 6. The summed E-state index contributed by atoms with van der Waals surface area (Å²) in [4.78, 5) is 39.3. The summed E-state index contributed by atoms with van der Waals surface area (Å²) < 4.78 is 16.3. The average Bonchev–Trinajstić information content (AvgIpc) is 3.31. The molecule has 6 aliphatic carbocycles. The molecule has 440 valence electrons. The minimum atomic E-state index is 0.00991. The van der Waals surface area contributed by atoms with E-state index in [4.69, 9.17) is 14.2 Å². The van der Waals surface area contributed by atoms with Crippen LogP contribution in [0.5, 0.6) is 17.2 Å². The first-order valence-corrected chi connectivity index (χ1v) is 31.0. The number of hydrogen-bond acceptors (Lipinski definition) is 6. The largest absolute Gasteiger partial charge is 0.497 e. The van der Waals surface area contributed by atoms with E-state index in [1.165, 1.54) is 99.7 Å². The third-order valence-corrected chi connectivity index (χ3v) is 19.3. The number of rotatable bonds is 17. The van der Waals surface area contributed by atoms with Crippen LogP contribution in [0.15, 0.2) is 144 Å². The molecule has 9 unspecified atom stereocenters. The van der Waals surface area contributed by atoms with Crippen LogP contribution in [0.25, 0.3) is 6.08 Å². The lowest BCUT2D eigenvalue weighted by molar-refractivity contribution is -0.128. The van der Waals surface area contributed by atoms with E-state index in [0.717, 1.165) is 71.6 Å². The van der Waals surface area contributed by atoms with Crippen LogP contribution in [0.4, 0.5) is 0 Å². The number of amides is 3. The fraction of sp³-hybridized carbons (Fsp3) is 0.427. The molecule has 84 heavy (non-hydrogen) atoms. The molecule has 9 heteroatoms. The maximum Gasteiger partial charge on any atom is 0.247 e. The summed E-state index contributed by atoms with van der Waals surface area (Å²) in [6.45, 7) is 14.3. The number of methoxy groups -OCH3 is 3. The monoisotopic (exact) mass is 1130 g/mol. The maximum absolute atomic E-state index is 13.1. The highest BCUT2D eigenvalue weighted by atomic mass is 16.5. The van der Waals surface area contributed by atoms with Gasteiger partial charge in [0, 0.05) is 31.1 Å². The molecule has 5 saturated carbocycles. The normalized spacial score (nSPS) is 23.6. The molecule has 0 aromatic heterocycles. The molecule has 0 radical (unpaired) electrons. The Morgan fingerprint density at radius 3 is 1.54 bits per heavy atom. The van der Waals surface area contributed by atoms with Gasteiger partial charge in [-0.3, -0.25) is 14.4 Å². The summed E-state index contributed by atoms with van der Waals surface area (Å²) in [7, 11) is 5.13. The molecule has 12 rings (SSSR count). The van der Waals surface area contributed by atoms with Gasteiger partial charge < -0.3 is 30.2 Å². The van der Waals surface area contributed by atoms with Crippen LogP contribution in [0, 0.1) is 94.8 Å². The lowest BCUT2D eigenvalue weighted by Crippen LogP contribution is -2.38. The predicted octanol–water partition coefficient (Wildman–Crippen LogP) is 14.8. The lowest BCUT2D eigenvalue weighted by atomic mass is 9.75. The van der Waals surface area contributed by atoms with Crippen LogP contribution >= 0.6 is 0 Å². The molecule has 6 bridgehead atoms. The standard InChI is InChI=1S/C25H31NO2.2C25H29NO2/c3*1-16-4-6-18(7-5-16)15-26-25(27)24-21-9-8-20(14-21)23(24)13-19-10-17(2)11-22(12-19)28-3/h4-7,10-12,20-21,23-24H,8-9,13-15H2,1-3H3,(H,26,27);4-7,10-12,20-21H,8-9,13-15H2,1-3H3,(H,26,27);4-7,10-13,20-21,24H,8-9,14-15H2,1-3H3,(H,26,27)/b;;23-13+. The Hall–Kier alpha value is -7.39. The number of fused-ring (bicyclic) bond motifs is 6. The molecule has 9 nitrogen and oxygen atoms in total. The molecular weight excluding hydrogens is 1040 g/mol. The molecule has 6 aromatic rings. The maximum atomic E-state index is 13.1. The zero-order valence-corrected chi connectivity index (χ0v) is 51.2. The number of nitrogens with one attached hydrogen (secondary N) is 3. The minimum absolute atomic E-state index is 0.00991. The van der Waals surface area contributed by atoms with E-state index in [1.807, 2.05) is 12.1 Å². The van der Waals surface area contributed by atoms with Gasteiger partial charge in [0.2, 0.25) is 17.7 Å². The van der Waals surface area contributed by atoms with Crippen molar-refractivity contribution < 1.29 is 28.6 Å². The molecule has 6 aromatic carbocycles. The number of ether oxygens (including phenoxy) is 3. The smallest absolute Gasteiger partial charge is 0.247 e. The first kappa shape index (κ1) is 59.8. The van der Waals surface area contributed by atoms with E-state index in [0.29, 0.717) is 61.1 Å². The van der Waals surface area contributed by atoms with Gasteiger partial charge in [-0.05, 0) is 240 Å². The van der Waals surface area contributed by atoms with Gasteiger partial charge in [-0.1, -0.05) is 125 Å². The Morgan fingerprint density at radius 2 is 0.940 bits per heavy atom. The molecule has 5 fully saturated rings. The molecule has 3 amide bonds. The van der Waals surface area contributed by atoms with Crippen molar-refractivity contribution >= 4 is 23.8 Å². The van der Waals surface area contributed by atoms with Crippen LogP contribution in [0.2, 0.25) is 0 Å². The van der Waals surface area contributed by atoms with Crippen LogP contribution in [-0.4, -0.2) is 39.1 Å². The fourth-order valence-electron chi connectivity index (χ4n) is 15.2. The minimum Gasteiger partial charge on any atom is -0.497 e. The van der Waals surface area contributed by atoms with Gasteiger partial charge in [-0.25, -0.2) is 0 Å². The Balaban J connectivity index is 0.000000140. The number of carbonyl (C=O) groups excluding carboxylic acids is 3. The Morgan fingerprint density at radius 1 is 0.452 bits per heavy atom. The van der Waals surface area contributed by atoms with Gasteiger partial charge in [0.05, 0.1) is 27.2 Å². The second kappa shape index (κ2) is 27.1. The summed E-state index contributed by atoms with van der Waals surface area (Å²) in [6.07, 6.45) is 14.8. The molecule has 0 heterocycles. The zero-order valence-electron chi connectivity index (χ0n) is 51.2. The first-order chi connectivity index (χ1) is 40.6. The van der Waals surface area contributed by atoms with Crippen LogP contribution in [0.3, 0.4) is 0 Å². The van der Waals surface area contributed by atoms with Crippen molar-refractivity contribution in [1.29, 1.82) is 0 Å². The highest BCUT2D eigenvalue weighted by Crippen LogP contribution is 2.55. The summed E-state index contributed by atoms with van der Waals surface area (Å²) in [5.74, 6) is 7.12. The molecule has 3 N–H and O–H groups in total. The number of benzene rings is 6. The summed E-state index contributed by atoms with van der Waals surface area (Å²) >= 11 is 0. The Bertz CT molecular complexity index is 3360. The van der Waals surface area contributed by atoms with Gasteiger partial charge in [-0.15, -0.1) is 0 Å². The molecular formula is C75H89N3O6. The van der Waals surface area contributed by atoms with Gasteiger partial charge in [-0.2, -0.15) is 0 Å². The van der Waals surface area contributed by atoms with Gasteiger partial charge >= 0.3 is 0 Å². The topological polar surface area (TPSA) is 115 Å². The Kier molecular flexibility index (Phi) is 19.3. The van der Waals surface area contributed by atoms with E-state index >= 15 is 0 Å². The number of carbonyl (C=O) groups is 3. The van der Waals surface area contributed by atoms with E-state index in [-0.39, 0.29) is 29.6 Å². The van der Waals surface area contributed by atoms with E-state index < -0.39 is 0 Å². The van der Waals surface area contributed by atoms with Gasteiger partial charge in [0.15, 0.2) is 0 Å². The predicted molar refractivity (Wildman–Crippen MR) is 338 cm³/mol. The van der Waals surface area contributed by atoms with Gasteiger partial charge in [0.25, 0.3) is 0 Å². The second-order valence-corrected chi connectivity index (χ2v) is 25.5. The van der Waals surface area contributed by atoms with Crippen molar-refractivity contribution in [3.05, 3.63) is 211 Å². The van der Waals surface area contributed by atoms with Gasteiger partial charge in [0.1, 0.15) is 17.2 Å². The van der Waals surface area contributed by atoms with Crippen molar-refractivity contribution in [1.82, 2.24) is 16.0 Å². The molecule has 6 aliphatic rings. The summed E-state index contributed by atoms with van der Waals surface area (Å²) in [6, 6.07) is 44.2. The molecule has 0 aliphatic heterocycles. The van der Waals surface area contributed by atoms with Crippen LogP contribution < -0.4 is 30.2 Å². The number of hydrogen-bond donors (Lipinski definition) is 3. The first-order valence-electron chi connectivity index (χ1n) is 31.0. The SMILES string of the molecule is COc1cc(C)cc(/C=C2\C3CCC(C3)C2C(=O)NCc2ccc(C)cc2)c1.COc1cc(C)cc(CC2=C(C(=O)NCc3ccc(C)cc3)C3CCC2C3)c1.COc1cc(C)cc(CC2C3CCC(C3)C2C(=O)NCc2ccc(C)cc2)c1. The molecule has 0 saturated heterocycles. The van der Waals surface area contributed by atoms with Crippen molar-refractivity contribution in [3.8, 4) is 17.2 Å². The van der Waals surface area contributed by atoms with E-state index in [2.05, 4.69) is 179 Å². The van der Waals surface area contributed by atoms with Crippen molar-refractivity contribution in [2.75, 3.05) is 21.3 Å². The summed E-state index contributed by atoms with van der Waals surface area (Å²) in [5, 5.41) is 9.60. The quantitative estimate of drug-likeness (QED) is 0.0838. The van der Waals surface area contributed by atoms with Crippen LogP contribution in [-0.2, 0) is 46.9 Å². The third-order valence-electron chi connectivity index (χ3n) is 19.3. The van der Waals surface area contributed by atoms with Crippen molar-refractivity contribution in [2.45, 2.75) is 132 Å². The number of allylic oxidation sites excluding steroid dienone is 1. The van der Waals surface area contributed by atoms with Crippen molar-refractivity contribution in [2.24, 2.45) is 53.3 Å². The van der Waals surface area contributed by atoms with Crippen molar-refractivity contribution in [3.63, 3.8) is 0 Å². The van der Waals surface area contributed by atoms with E-state index in [9.17, 15) is 14.4 Å². The van der Waals surface area contributed by atoms with Crippen LogP contribution in [0.1, 0.15) is 125 Å². The highest BCUT2D eigenvalue weighted by molar-refractivity contribution is 5.95. The lowest BCUT2D eigenvalue weighted by Gasteiger charge is -2.30. The highest BCUT2D eigenvalue weighted by Gasteiger charge is 2.51. The fourth-order valence-corrected chi connectivity index (χ4v) is 15.2. The van der Waals surface area contributed by atoms with E-state index in [1.54, 1.807) is 21.3 Å². The summed E-state index contributed by atoms with van der Waals surface area (Å²) in [5.41, 5.74) is 18.2. The molecule has 9 atom stereocenters. The molecule has 0 spiro atoms. The second-order valence-electron chi connectivity index (χ2n) is 25.5. The average molecular weight is 1130 g/mol. The third kappa shape index (κ3) is 14.6.